The number of nitrogens with one attached hydrogen (secondary N) is 1. The van der Waals surface area contributed by atoms with E-state index in [-0.39, 0.29) is 0 Å². The molecule has 6 heteroatoms. The minimum Gasteiger partial charge on any atom is -0.285 e. The highest BCUT2D eigenvalue weighted by molar-refractivity contribution is 7.89. The van der Waals surface area contributed by atoms with Crippen molar-refractivity contribution in [2.75, 3.05) is 7.05 Å². The largest absolute Gasteiger partial charge is 0.285 e. The van der Waals surface area contributed by atoms with E-state index < -0.39 is 10.0 Å². The predicted molar refractivity (Wildman–Crippen MR) is 73.2 cm³/mol. The molecule has 2 rings (SSSR count). The van der Waals surface area contributed by atoms with Crippen molar-refractivity contribution in [1.82, 2.24) is 14.5 Å². The Morgan fingerprint density at radius 1 is 1.32 bits per heavy atom. The summed E-state index contributed by atoms with van der Waals surface area (Å²) in [5.41, 5.74) is 2.64. The maximum absolute atomic E-state index is 12.5. The average molecular weight is 279 g/mol. The van der Waals surface area contributed by atoms with Gasteiger partial charge in [-0.25, -0.2) is 8.42 Å². The molecule has 0 spiro atoms. The molecule has 0 amide bonds. The first-order chi connectivity index (χ1) is 8.91. The summed E-state index contributed by atoms with van der Waals surface area (Å²) in [7, 11) is -1.90. The maximum atomic E-state index is 12.5. The number of nitrogens with zero attached hydrogens (tertiary/aromatic N) is 2. The van der Waals surface area contributed by atoms with Crippen LogP contribution in [0.1, 0.15) is 16.7 Å². The van der Waals surface area contributed by atoms with Gasteiger partial charge >= 0.3 is 0 Å². The quantitative estimate of drug-likeness (QED) is 0.928. The van der Waals surface area contributed by atoms with Crippen LogP contribution in [0, 0.1) is 13.8 Å². The Balaban J connectivity index is 2.31. The number of aryl methyl sites for hydroxylation is 2. The van der Waals surface area contributed by atoms with E-state index in [1.54, 1.807) is 25.5 Å². The van der Waals surface area contributed by atoms with Gasteiger partial charge in [0.1, 0.15) is 0 Å². The Morgan fingerprint density at radius 2 is 2.05 bits per heavy atom. The Labute approximate surface area is 113 Å². The van der Waals surface area contributed by atoms with Crippen molar-refractivity contribution in [3.63, 3.8) is 0 Å². The zero-order chi connectivity index (χ0) is 14.0. The second kappa shape index (κ2) is 5.14. The molecule has 0 aliphatic carbocycles. The van der Waals surface area contributed by atoms with Crippen LogP contribution >= 0.6 is 0 Å². The van der Waals surface area contributed by atoms with Gasteiger partial charge in [-0.1, -0.05) is 17.7 Å². The molecule has 0 fully saturated rings. The van der Waals surface area contributed by atoms with Crippen LogP contribution in [-0.4, -0.2) is 30.0 Å². The summed E-state index contributed by atoms with van der Waals surface area (Å²) in [6.07, 6.45) is 3.31. The number of rotatable bonds is 4. The fraction of sp³-hybridized carbons (Fsp3) is 0.308. The minimum atomic E-state index is -3.47. The highest BCUT2D eigenvalue weighted by atomic mass is 32.2. The molecule has 5 nitrogen and oxygen atoms in total. The number of hydrogen-bond donors (Lipinski definition) is 1. The van der Waals surface area contributed by atoms with Crippen LogP contribution in [0.2, 0.25) is 0 Å². The summed E-state index contributed by atoms with van der Waals surface area (Å²) in [5.74, 6) is 0. The Hall–Kier alpha value is -1.66. The Bertz CT molecular complexity index is 663. The van der Waals surface area contributed by atoms with E-state index in [2.05, 4.69) is 10.2 Å². The number of benzene rings is 1. The van der Waals surface area contributed by atoms with Crippen molar-refractivity contribution in [3.05, 3.63) is 47.3 Å². The highest BCUT2D eigenvalue weighted by Crippen LogP contribution is 2.21. The summed E-state index contributed by atoms with van der Waals surface area (Å²) in [5, 5.41) is 6.49. The lowest BCUT2D eigenvalue weighted by molar-refractivity contribution is 0.466. The van der Waals surface area contributed by atoms with Gasteiger partial charge in [0.25, 0.3) is 0 Å². The van der Waals surface area contributed by atoms with Crippen molar-refractivity contribution in [2.45, 2.75) is 25.3 Å². The molecule has 0 aliphatic heterocycles. The van der Waals surface area contributed by atoms with E-state index in [4.69, 9.17) is 0 Å². The molecule has 0 bridgehead atoms. The zero-order valence-electron chi connectivity index (χ0n) is 11.2. The molecule has 19 heavy (non-hydrogen) atoms. The van der Waals surface area contributed by atoms with Gasteiger partial charge in [-0.05, 0) is 25.5 Å². The van der Waals surface area contributed by atoms with Crippen molar-refractivity contribution < 1.29 is 8.42 Å². The third-order valence-electron chi connectivity index (χ3n) is 2.98. The van der Waals surface area contributed by atoms with Gasteiger partial charge in [0.05, 0.1) is 11.1 Å². The third kappa shape index (κ3) is 2.85. The van der Waals surface area contributed by atoms with Gasteiger partial charge in [-0.2, -0.15) is 9.40 Å². The molecule has 2 aromatic rings. The monoisotopic (exact) mass is 279 g/mol. The summed E-state index contributed by atoms with van der Waals surface area (Å²) >= 11 is 0. The average Bonchev–Trinajstić information content (AvgIpc) is 2.81. The molecule has 0 unspecified atom stereocenters. The molecule has 1 N–H and O–H groups in total. The van der Waals surface area contributed by atoms with E-state index in [1.165, 1.54) is 4.31 Å². The normalized spacial score (nSPS) is 12.0. The van der Waals surface area contributed by atoms with Gasteiger partial charge in [-0.3, -0.25) is 5.10 Å². The fourth-order valence-electron chi connectivity index (χ4n) is 1.96. The van der Waals surface area contributed by atoms with Crippen LogP contribution < -0.4 is 0 Å². The first kappa shape index (κ1) is 13.8. The van der Waals surface area contributed by atoms with Crippen molar-refractivity contribution in [2.24, 2.45) is 0 Å². The second-order valence-corrected chi connectivity index (χ2v) is 6.65. The second-order valence-electron chi connectivity index (χ2n) is 4.64. The molecular formula is C13H17N3O2S. The first-order valence-electron chi connectivity index (χ1n) is 5.92. The molecule has 0 aliphatic rings. The Morgan fingerprint density at radius 3 is 2.63 bits per heavy atom. The molecule has 1 heterocycles. The molecule has 0 saturated carbocycles. The van der Waals surface area contributed by atoms with Crippen molar-refractivity contribution in [3.8, 4) is 0 Å². The van der Waals surface area contributed by atoms with Crippen LogP contribution in [-0.2, 0) is 16.6 Å². The lowest BCUT2D eigenvalue weighted by atomic mass is 10.2. The van der Waals surface area contributed by atoms with Gasteiger partial charge in [0, 0.05) is 25.4 Å². The van der Waals surface area contributed by atoms with Gasteiger partial charge in [0.15, 0.2) is 0 Å². The standard InChI is InChI=1S/C13H17N3O2S/c1-10-4-5-13(11(2)6-10)19(17,18)16(3)9-12-7-14-15-8-12/h4-8H,9H2,1-3H3,(H,14,15). The zero-order valence-corrected chi connectivity index (χ0v) is 12.0. The van der Waals surface area contributed by atoms with E-state index in [0.29, 0.717) is 11.4 Å². The molecule has 0 atom stereocenters. The number of sulfonamides is 1. The summed E-state index contributed by atoms with van der Waals surface area (Å²) < 4.78 is 26.3. The lowest BCUT2D eigenvalue weighted by Gasteiger charge is -2.18. The number of H-pyrrole nitrogens is 1. The van der Waals surface area contributed by atoms with Crippen molar-refractivity contribution >= 4 is 10.0 Å². The number of aromatic nitrogens is 2. The van der Waals surface area contributed by atoms with E-state index in [0.717, 1.165) is 16.7 Å². The molecule has 1 aromatic carbocycles. The van der Waals surface area contributed by atoms with E-state index in [1.807, 2.05) is 26.0 Å². The van der Waals surface area contributed by atoms with Crippen LogP contribution in [0.5, 0.6) is 0 Å². The van der Waals surface area contributed by atoms with Crippen molar-refractivity contribution in [1.29, 1.82) is 0 Å². The predicted octanol–water partition coefficient (Wildman–Crippen LogP) is 1.85. The SMILES string of the molecule is Cc1ccc(S(=O)(=O)N(C)Cc2cn[nH]c2)c(C)c1. The topological polar surface area (TPSA) is 66.1 Å². The highest BCUT2D eigenvalue weighted by Gasteiger charge is 2.22. The maximum Gasteiger partial charge on any atom is 0.243 e. The number of hydrogen-bond acceptors (Lipinski definition) is 3. The van der Waals surface area contributed by atoms with Crippen LogP contribution in [0.3, 0.4) is 0 Å². The van der Waals surface area contributed by atoms with Gasteiger partial charge < -0.3 is 0 Å². The molecule has 0 saturated heterocycles. The van der Waals surface area contributed by atoms with Crippen LogP contribution in [0.25, 0.3) is 0 Å². The first-order valence-corrected chi connectivity index (χ1v) is 7.36. The van der Waals surface area contributed by atoms with Gasteiger partial charge in [0.2, 0.25) is 10.0 Å². The smallest absolute Gasteiger partial charge is 0.243 e. The molecular weight excluding hydrogens is 262 g/mol. The minimum absolute atomic E-state index is 0.298. The summed E-state index contributed by atoms with van der Waals surface area (Å²) in [4.78, 5) is 0.351. The summed E-state index contributed by atoms with van der Waals surface area (Å²) in [6.45, 7) is 4.05. The fourth-order valence-corrected chi connectivity index (χ4v) is 3.32. The molecule has 102 valence electrons. The third-order valence-corrected chi connectivity index (χ3v) is 4.94. The van der Waals surface area contributed by atoms with E-state index in [9.17, 15) is 8.42 Å². The molecule has 0 radical (unpaired) electrons. The number of aromatic amines is 1. The van der Waals surface area contributed by atoms with Gasteiger partial charge in [-0.15, -0.1) is 0 Å². The lowest BCUT2D eigenvalue weighted by Crippen LogP contribution is -2.27. The summed E-state index contributed by atoms with van der Waals surface area (Å²) in [6, 6.07) is 5.34. The molecule has 1 aromatic heterocycles. The van der Waals surface area contributed by atoms with Crippen LogP contribution in [0.15, 0.2) is 35.5 Å². The Kier molecular flexibility index (Phi) is 3.73. The van der Waals surface area contributed by atoms with Crippen LogP contribution in [0.4, 0.5) is 0 Å². The van der Waals surface area contributed by atoms with E-state index >= 15 is 0 Å².